The van der Waals surface area contributed by atoms with Gasteiger partial charge >= 0.3 is 11.9 Å². The van der Waals surface area contributed by atoms with Crippen LogP contribution in [-0.4, -0.2) is 38.2 Å². The average Bonchev–Trinajstić information content (AvgIpc) is 2.42. The normalized spacial score (nSPS) is 9.89. The minimum atomic E-state index is -0.520. The summed E-state index contributed by atoms with van der Waals surface area (Å²) in [5.41, 5.74) is 11.0. The number of hydrogen-bond donors (Lipinski definition) is 2. The van der Waals surface area contributed by atoms with Gasteiger partial charge in [0.05, 0.1) is 11.1 Å². The summed E-state index contributed by atoms with van der Waals surface area (Å²) in [6.45, 7) is 0.787. The van der Waals surface area contributed by atoms with Gasteiger partial charge in [0.1, 0.15) is 13.2 Å². The lowest BCUT2D eigenvalue weighted by Crippen LogP contribution is -2.15. The second kappa shape index (κ2) is 7.41. The lowest BCUT2D eigenvalue weighted by atomic mass is 10.1. The summed E-state index contributed by atoms with van der Waals surface area (Å²) in [5.74, 6) is -1.04. The molecule has 0 amide bonds. The van der Waals surface area contributed by atoms with E-state index in [0.29, 0.717) is 0 Å². The zero-order valence-electron chi connectivity index (χ0n) is 9.93. The molecule has 0 spiro atoms. The molecule has 0 saturated heterocycles. The second-order valence-corrected chi connectivity index (χ2v) is 3.43. The predicted molar refractivity (Wildman–Crippen MR) is 65.1 cm³/mol. The lowest BCUT2D eigenvalue weighted by molar-refractivity contribution is 0.0515. The molecule has 0 radical (unpaired) electrons. The van der Waals surface area contributed by atoms with Crippen molar-refractivity contribution in [3.05, 3.63) is 35.4 Å². The first-order valence-corrected chi connectivity index (χ1v) is 5.53. The molecule has 18 heavy (non-hydrogen) atoms. The minimum Gasteiger partial charge on any atom is -0.461 e. The van der Waals surface area contributed by atoms with Gasteiger partial charge in [-0.1, -0.05) is 6.07 Å². The zero-order valence-corrected chi connectivity index (χ0v) is 9.93. The summed E-state index contributed by atoms with van der Waals surface area (Å²) in [6.07, 6.45) is 0. The number of nitrogens with two attached hydrogens (primary N) is 2. The molecular weight excluding hydrogens is 236 g/mol. The summed E-state index contributed by atoms with van der Waals surface area (Å²) in [6, 6.07) is 6.10. The number of carbonyl (C=O) groups is 2. The fraction of sp³-hybridized carbons (Fsp3) is 0.333. The van der Waals surface area contributed by atoms with Crippen LogP contribution in [0.15, 0.2) is 24.3 Å². The smallest absolute Gasteiger partial charge is 0.338 e. The van der Waals surface area contributed by atoms with Gasteiger partial charge in [0, 0.05) is 13.1 Å². The van der Waals surface area contributed by atoms with Gasteiger partial charge in [0.15, 0.2) is 0 Å². The van der Waals surface area contributed by atoms with E-state index in [2.05, 4.69) is 0 Å². The van der Waals surface area contributed by atoms with Gasteiger partial charge in [-0.15, -0.1) is 0 Å². The summed E-state index contributed by atoms with van der Waals surface area (Å²) in [7, 11) is 0. The predicted octanol–water partition coefficient (Wildman–Crippen LogP) is -0.0824. The Kier molecular flexibility index (Phi) is 5.83. The number of benzene rings is 1. The van der Waals surface area contributed by atoms with Gasteiger partial charge < -0.3 is 20.9 Å². The molecule has 0 aliphatic heterocycles. The third kappa shape index (κ3) is 4.15. The minimum absolute atomic E-state index is 0.140. The van der Waals surface area contributed by atoms with Gasteiger partial charge in [0.2, 0.25) is 0 Å². The van der Waals surface area contributed by atoms with E-state index in [0.717, 1.165) is 0 Å². The maximum absolute atomic E-state index is 11.5. The van der Waals surface area contributed by atoms with Crippen LogP contribution in [0.1, 0.15) is 20.7 Å². The summed E-state index contributed by atoms with van der Waals surface area (Å²) in [5, 5.41) is 0. The van der Waals surface area contributed by atoms with Crippen LogP contribution in [0.25, 0.3) is 0 Å². The van der Waals surface area contributed by atoms with E-state index in [-0.39, 0.29) is 37.4 Å². The van der Waals surface area contributed by atoms with Crippen LogP contribution in [0.3, 0.4) is 0 Å². The van der Waals surface area contributed by atoms with Crippen molar-refractivity contribution in [2.24, 2.45) is 11.5 Å². The van der Waals surface area contributed by atoms with Crippen molar-refractivity contribution < 1.29 is 19.1 Å². The fourth-order valence-corrected chi connectivity index (χ4v) is 1.24. The van der Waals surface area contributed by atoms with Crippen LogP contribution in [0, 0.1) is 0 Å². The number of esters is 2. The molecule has 0 fully saturated rings. The van der Waals surface area contributed by atoms with Gasteiger partial charge in [-0.25, -0.2) is 9.59 Å². The number of carbonyl (C=O) groups excluding carboxylic acids is 2. The van der Waals surface area contributed by atoms with E-state index in [9.17, 15) is 9.59 Å². The van der Waals surface area contributed by atoms with Crippen molar-refractivity contribution in [2.45, 2.75) is 0 Å². The van der Waals surface area contributed by atoms with Crippen molar-refractivity contribution in [2.75, 3.05) is 26.3 Å². The molecule has 4 N–H and O–H groups in total. The molecule has 6 nitrogen and oxygen atoms in total. The Labute approximate surface area is 105 Å². The summed E-state index contributed by atoms with van der Waals surface area (Å²) >= 11 is 0. The van der Waals surface area contributed by atoms with Gasteiger partial charge in [-0.3, -0.25) is 0 Å². The number of hydrogen-bond acceptors (Lipinski definition) is 6. The monoisotopic (exact) mass is 252 g/mol. The average molecular weight is 252 g/mol. The summed E-state index contributed by atoms with van der Waals surface area (Å²) in [4.78, 5) is 23.1. The molecule has 1 aromatic rings. The first-order chi connectivity index (χ1) is 8.69. The molecule has 6 heteroatoms. The van der Waals surface area contributed by atoms with Crippen molar-refractivity contribution in [3.8, 4) is 0 Å². The van der Waals surface area contributed by atoms with E-state index in [1.807, 2.05) is 0 Å². The molecule has 0 saturated carbocycles. The highest BCUT2D eigenvalue weighted by Crippen LogP contribution is 2.08. The number of rotatable bonds is 6. The molecule has 0 aromatic heterocycles. The third-order valence-electron chi connectivity index (χ3n) is 2.04. The third-order valence-corrected chi connectivity index (χ3v) is 2.04. The van der Waals surface area contributed by atoms with Gasteiger partial charge in [-0.2, -0.15) is 0 Å². The Morgan fingerprint density at radius 1 is 0.944 bits per heavy atom. The fourth-order valence-electron chi connectivity index (χ4n) is 1.24. The Morgan fingerprint density at radius 2 is 1.39 bits per heavy atom. The SMILES string of the molecule is NCCOC(=O)c1cccc(C(=O)OCCN)c1. The first-order valence-electron chi connectivity index (χ1n) is 5.53. The highest BCUT2D eigenvalue weighted by molar-refractivity contribution is 5.95. The Bertz CT molecular complexity index is 385. The molecule has 0 atom stereocenters. The van der Waals surface area contributed by atoms with Crippen molar-refractivity contribution in [1.29, 1.82) is 0 Å². The maximum Gasteiger partial charge on any atom is 0.338 e. The molecular formula is C12H16N2O4. The standard InChI is InChI=1S/C12H16N2O4/c13-4-6-17-11(15)9-2-1-3-10(8-9)12(16)18-7-5-14/h1-3,8H,4-7,13-14H2. The molecule has 1 rings (SSSR count). The van der Waals surface area contributed by atoms with Crippen molar-refractivity contribution >= 4 is 11.9 Å². The van der Waals surface area contributed by atoms with Gasteiger partial charge in [0.25, 0.3) is 0 Å². The highest BCUT2D eigenvalue weighted by Gasteiger charge is 2.11. The van der Waals surface area contributed by atoms with E-state index in [4.69, 9.17) is 20.9 Å². The van der Waals surface area contributed by atoms with Crippen LogP contribution in [0.4, 0.5) is 0 Å². The number of ether oxygens (including phenoxy) is 2. The van der Waals surface area contributed by atoms with E-state index >= 15 is 0 Å². The Hall–Kier alpha value is -1.92. The van der Waals surface area contributed by atoms with Crippen molar-refractivity contribution in [3.63, 3.8) is 0 Å². The maximum atomic E-state index is 11.5. The highest BCUT2D eigenvalue weighted by atomic mass is 16.5. The van der Waals surface area contributed by atoms with Crippen LogP contribution < -0.4 is 11.5 Å². The molecule has 0 unspecified atom stereocenters. The largest absolute Gasteiger partial charge is 0.461 e. The topological polar surface area (TPSA) is 105 Å². The molecule has 0 heterocycles. The van der Waals surface area contributed by atoms with Gasteiger partial charge in [-0.05, 0) is 18.2 Å². The van der Waals surface area contributed by atoms with Crippen LogP contribution in [-0.2, 0) is 9.47 Å². The molecule has 0 bridgehead atoms. The summed E-state index contributed by atoms with van der Waals surface area (Å²) < 4.78 is 9.71. The second-order valence-electron chi connectivity index (χ2n) is 3.43. The van der Waals surface area contributed by atoms with E-state index < -0.39 is 11.9 Å². The lowest BCUT2D eigenvalue weighted by Gasteiger charge is -2.06. The quantitative estimate of drug-likeness (QED) is 0.686. The van der Waals surface area contributed by atoms with Crippen LogP contribution >= 0.6 is 0 Å². The Morgan fingerprint density at radius 3 is 1.78 bits per heavy atom. The van der Waals surface area contributed by atoms with E-state index in [1.165, 1.54) is 6.07 Å². The van der Waals surface area contributed by atoms with E-state index in [1.54, 1.807) is 18.2 Å². The molecule has 0 aliphatic rings. The molecule has 98 valence electrons. The zero-order chi connectivity index (χ0) is 13.4. The molecule has 0 aliphatic carbocycles. The van der Waals surface area contributed by atoms with Crippen LogP contribution in [0.5, 0.6) is 0 Å². The van der Waals surface area contributed by atoms with Crippen LogP contribution in [0.2, 0.25) is 0 Å². The van der Waals surface area contributed by atoms with Crippen molar-refractivity contribution in [1.82, 2.24) is 0 Å². The Balaban J connectivity index is 2.72. The molecule has 1 aromatic carbocycles. The first kappa shape index (κ1) is 14.1.